The second-order valence-electron chi connectivity index (χ2n) is 6.79. The van der Waals surface area contributed by atoms with Crippen molar-refractivity contribution in [2.45, 2.75) is 6.10 Å². The van der Waals surface area contributed by atoms with E-state index in [0.29, 0.717) is 24.7 Å². The molecule has 142 valence electrons. The van der Waals surface area contributed by atoms with Crippen LogP contribution in [0.5, 0.6) is 11.5 Å². The highest BCUT2D eigenvalue weighted by molar-refractivity contribution is 5.47. The minimum atomic E-state index is -0.590. The Morgan fingerprint density at radius 2 is 1.78 bits per heavy atom. The van der Waals surface area contributed by atoms with Crippen molar-refractivity contribution < 1.29 is 19.0 Å². The zero-order valence-corrected chi connectivity index (χ0v) is 15.1. The van der Waals surface area contributed by atoms with Crippen LogP contribution in [0.4, 0.5) is 10.1 Å². The van der Waals surface area contributed by atoms with Crippen LogP contribution in [0.1, 0.15) is 11.7 Å². The van der Waals surface area contributed by atoms with E-state index in [1.165, 1.54) is 12.1 Å². The first-order valence-electron chi connectivity index (χ1n) is 9.18. The molecule has 2 aliphatic rings. The van der Waals surface area contributed by atoms with E-state index in [-0.39, 0.29) is 5.82 Å². The molecule has 1 unspecified atom stereocenters. The second-order valence-corrected chi connectivity index (χ2v) is 6.79. The molecule has 2 aromatic rings. The molecule has 1 saturated heterocycles. The molecular formula is C21H23FN2O3. The van der Waals surface area contributed by atoms with Crippen LogP contribution in [0.3, 0.4) is 0 Å². The van der Waals surface area contributed by atoms with Gasteiger partial charge in [-0.1, -0.05) is 6.07 Å². The summed E-state index contributed by atoms with van der Waals surface area (Å²) in [7, 11) is 0. The van der Waals surface area contributed by atoms with Gasteiger partial charge < -0.3 is 19.5 Å². The van der Waals surface area contributed by atoms with Gasteiger partial charge in [-0.2, -0.15) is 0 Å². The van der Waals surface area contributed by atoms with Gasteiger partial charge in [0.25, 0.3) is 0 Å². The topological polar surface area (TPSA) is 45.2 Å². The zero-order valence-electron chi connectivity index (χ0n) is 15.1. The first kappa shape index (κ1) is 17.8. The van der Waals surface area contributed by atoms with Crippen molar-refractivity contribution in [3.8, 4) is 11.5 Å². The highest BCUT2D eigenvalue weighted by atomic mass is 19.1. The summed E-state index contributed by atoms with van der Waals surface area (Å²) in [4.78, 5) is 4.48. The molecule has 0 aromatic heterocycles. The van der Waals surface area contributed by atoms with Crippen molar-refractivity contribution in [2.75, 3.05) is 44.2 Å². The summed E-state index contributed by atoms with van der Waals surface area (Å²) in [6.45, 7) is 4.43. The number of piperazine rings is 1. The third-order valence-corrected chi connectivity index (χ3v) is 4.97. The molecule has 2 aromatic carbocycles. The van der Waals surface area contributed by atoms with Crippen molar-refractivity contribution in [2.24, 2.45) is 0 Å². The lowest BCUT2D eigenvalue weighted by molar-refractivity contribution is 0.109. The first-order valence-corrected chi connectivity index (χ1v) is 9.18. The van der Waals surface area contributed by atoms with Crippen LogP contribution in [0, 0.1) is 5.82 Å². The van der Waals surface area contributed by atoms with Gasteiger partial charge in [-0.05, 0) is 48.0 Å². The predicted octanol–water partition coefficient (Wildman–Crippen LogP) is 2.97. The third-order valence-electron chi connectivity index (χ3n) is 4.97. The predicted molar refractivity (Wildman–Crippen MR) is 102 cm³/mol. The van der Waals surface area contributed by atoms with Gasteiger partial charge in [0, 0.05) is 38.4 Å². The maximum atomic E-state index is 13.1. The van der Waals surface area contributed by atoms with Crippen LogP contribution in [0.2, 0.25) is 0 Å². The van der Waals surface area contributed by atoms with Gasteiger partial charge in [0.15, 0.2) is 11.5 Å². The molecule has 0 bridgehead atoms. The van der Waals surface area contributed by atoms with Crippen LogP contribution >= 0.6 is 0 Å². The molecule has 0 radical (unpaired) electrons. The van der Waals surface area contributed by atoms with E-state index >= 15 is 0 Å². The SMILES string of the molecule is OC(CN1CCN(c2ccc(F)cc2)CC1)c1ccc2c(c1)OCC=CO2. The highest BCUT2D eigenvalue weighted by Gasteiger charge is 2.21. The smallest absolute Gasteiger partial charge is 0.168 e. The number of hydrogen-bond acceptors (Lipinski definition) is 5. The molecule has 2 aliphatic heterocycles. The molecule has 0 amide bonds. The molecule has 27 heavy (non-hydrogen) atoms. The van der Waals surface area contributed by atoms with Crippen molar-refractivity contribution in [1.82, 2.24) is 4.90 Å². The molecule has 4 rings (SSSR count). The number of rotatable bonds is 4. The minimum Gasteiger partial charge on any atom is -0.485 e. The molecule has 5 nitrogen and oxygen atoms in total. The van der Waals surface area contributed by atoms with Crippen LogP contribution in [0.15, 0.2) is 54.8 Å². The fraction of sp³-hybridized carbons (Fsp3) is 0.333. The lowest BCUT2D eigenvalue weighted by Crippen LogP contribution is -2.47. The van der Waals surface area contributed by atoms with E-state index in [1.54, 1.807) is 12.3 Å². The summed E-state index contributed by atoms with van der Waals surface area (Å²) in [5.41, 5.74) is 1.85. The highest BCUT2D eigenvalue weighted by Crippen LogP contribution is 2.32. The van der Waals surface area contributed by atoms with E-state index in [0.717, 1.165) is 37.4 Å². The number of benzene rings is 2. The molecule has 1 N–H and O–H groups in total. The number of aliphatic hydroxyl groups is 1. The number of fused-ring (bicyclic) bond motifs is 1. The molecular weight excluding hydrogens is 347 g/mol. The van der Waals surface area contributed by atoms with Gasteiger partial charge in [0.1, 0.15) is 12.4 Å². The number of β-amino-alcohol motifs (C(OH)–C–C–N with tert-alkyl or cyclic N) is 1. The maximum absolute atomic E-state index is 13.1. The summed E-state index contributed by atoms with van der Waals surface area (Å²) in [6, 6.07) is 12.2. The lowest BCUT2D eigenvalue weighted by Gasteiger charge is -2.37. The average molecular weight is 370 g/mol. The van der Waals surface area contributed by atoms with Crippen molar-refractivity contribution in [3.63, 3.8) is 0 Å². The number of nitrogens with zero attached hydrogens (tertiary/aromatic N) is 2. The molecule has 1 fully saturated rings. The first-order chi connectivity index (χ1) is 13.2. The molecule has 6 heteroatoms. The van der Waals surface area contributed by atoms with E-state index in [1.807, 2.05) is 30.3 Å². The van der Waals surface area contributed by atoms with E-state index in [9.17, 15) is 9.50 Å². The van der Waals surface area contributed by atoms with E-state index in [2.05, 4.69) is 9.80 Å². The minimum absolute atomic E-state index is 0.216. The van der Waals surface area contributed by atoms with E-state index in [4.69, 9.17) is 9.47 Å². The summed E-state index contributed by atoms with van der Waals surface area (Å²) in [6.07, 6.45) is 2.83. The van der Waals surface area contributed by atoms with Crippen LogP contribution in [-0.4, -0.2) is 49.3 Å². The number of ether oxygens (including phenoxy) is 2. The largest absolute Gasteiger partial charge is 0.485 e. The van der Waals surface area contributed by atoms with Gasteiger partial charge >= 0.3 is 0 Å². The summed E-state index contributed by atoms with van der Waals surface area (Å²) >= 11 is 0. The van der Waals surface area contributed by atoms with Crippen LogP contribution in [0.25, 0.3) is 0 Å². The normalized spacial score (nSPS) is 18.2. The van der Waals surface area contributed by atoms with Gasteiger partial charge in [-0.15, -0.1) is 0 Å². The fourth-order valence-corrected chi connectivity index (χ4v) is 3.43. The lowest BCUT2D eigenvalue weighted by atomic mass is 10.1. The zero-order chi connectivity index (χ0) is 18.6. The Morgan fingerprint density at radius 3 is 2.56 bits per heavy atom. The van der Waals surface area contributed by atoms with Gasteiger partial charge in [0.05, 0.1) is 12.4 Å². The van der Waals surface area contributed by atoms with Gasteiger partial charge in [0.2, 0.25) is 0 Å². The summed E-state index contributed by atoms with van der Waals surface area (Å²) < 4.78 is 24.2. The standard InChI is InChI=1S/C21H23FN2O3/c22-17-3-5-18(6-4-17)24-10-8-23(9-11-24)15-19(25)16-2-7-20-21(14-16)27-13-1-12-26-20/h1-7,12,14,19,25H,8-11,13,15H2. The van der Waals surface area contributed by atoms with Crippen LogP contribution < -0.4 is 14.4 Å². The summed E-state index contributed by atoms with van der Waals surface area (Å²) in [5, 5.41) is 10.6. The monoisotopic (exact) mass is 370 g/mol. The Kier molecular flexibility index (Phi) is 5.27. The molecule has 0 spiro atoms. The number of anilines is 1. The molecule has 1 atom stereocenters. The molecule has 0 aliphatic carbocycles. The Morgan fingerprint density at radius 1 is 1.00 bits per heavy atom. The van der Waals surface area contributed by atoms with E-state index < -0.39 is 6.10 Å². The number of hydrogen-bond donors (Lipinski definition) is 1. The quantitative estimate of drug-likeness (QED) is 0.897. The third kappa shape index (κ3) is 4.23. The number of halogens is 1. The average Bonchev–Trinajstić information content (AvgIpc) is 2.94. The van der Waals surface area contributed by atoms with Crippen molar-refractivity contribution >= 4 is 5.69 Å². The Labute approximate surface area is 158 Å². The maximum Gasteiger partial charge on any atom is 0.168 e. The molecule has 2 heterocycles. The van der Waals surface area contributed by atoms with Crippen molar-refractivity contribution in [3.05, 3.63) is 66.2 Å². The fourth-order valence-electron chi connectivity index (χ4n) is 3.43. The Hall–Kier alpha value is -2.57. The number of aliphatic hydroxyl groups excluding tert-OH is 1. The van der Waals surface area contributed by atoms with Gasteiger partial charge in [-0.3, -0.25) is 4.90 Å². The van der Waals surface area contributed by atoms with Crippen molar-refractivity contribution in [1.29, 1.82) is 0 Å². The van der Waals surface area contributed by atoms with Gasteiger partial charge in [-0.25, -0.2) is 4.39 Å². The molecule has 0 saturated carbocycles. The Bertz CT molecular complexity index is 802. The Balaban J connectivity index is 1.33. The van der Waals surface area contributed by atoms with Crippen LogP contribution in [-0.2, 0) is 0 Å². The summed E-state index contributed by atoms with van der Waals surface area (Å²) in [5.74, 6) is 1.09. The second kappa shape index (κ2) is 7.98.